The maximum Gasteiger partial charge on any atom is 0.191 e. The second-order valence-corrected chi connectivity index (χ2v) is 6.84. The average molecular weight is 361 g/mol. The van der Waals surface area contributed by atoms with E-state index < -0.39 is 0 Å². The van der Waals surface area contributed by atoms with Crippen molar-refractivity contribution >= 4 is 5.96 Å². The van der Waals surface area contributed by atoms with Crippen LogP contribution in [-0.4, -0.2) is 44.5 Å². The number of hydrogen-bond donors (Lipinski definition) is 2. The molecule has 1 aromatic carbocycles. The van der Waals surface area contributed by atoms with E-state index in [1.54, 1.807) is 0 Å². The maximum atomic E-state index is 5.90. The molecule has 2 N–H and O–H groups in total. The fraction of sp³-hybridized carbons (Fsp3) is 0.650. The van der Waals surface area contributed by atoms with Gasteiger partial charge in [-0.1, -0.05) is 0 Å². The molecular formula is C20H31N3O3. The normalized spacial score (nSPS) is 22.0. The van der Waals surface area contributed by atoms with Crippen LogP contribution in [-0.2, 0) is 17.7 Å². The van der Waals surface area contributed by atoms with Crippen LogP contribution >= 0.6 is 0 Å². The molecule has 1 aromatic rings. The Kier molecular flexibility index (Phi) is 6.61. The zero-order valence-corrected chi connectivity index (χ0v) is 16.1. The number of hydrogen-bond acceptors (Lipinski definition) is 4. The molecule has 1 fully saturated rings. The van der Waals surface area contributed by atoms with Crippen LogP contribution in [0.15, 0.2) is 17.1 Å². The van der Waals surface area contributed by atoms with Gasteiger partial charge in [0.25, 0.3) is 0 Å². The van der Waals surface area contributed by atoms with Gasteiger partial charge in [-0.15, -0.1) is 0 Å². The van der Waals surface area contributed by atoms with Crippen LogP contribution in [0, 0.1) is 0 Å². The van der Waals surface area contributed by atoms with Crippen molar-refractivity contribution in [3.8, 4) is 11.5 Å². The van der Waals surface area contributed by atoms with Crippen LogP contribution in [0.25, 0.3) is 0 Å². The minimum absolute atomic E-state index is 0.226. The first-order valence-corrected chi connectivity index (χ1v) is 9.78. The number of aliphatic imine (C=N–C) groups is 1. The number of nitrogens with zero attached hydrogens (tertiary/aromatic N) is 1. The lowest BCUT2D eigenvalue weighted by molar-refractivity contribution is 0.114. The first kappa shape index (κ1) is 18.8. The van der Waals surface area contributed by atoms with Crippen LogP contribution in [0.5, 0.6) is 11.5 Å². The monoisotopic (exact) mass is 361 g/mol. The number of fused-ring (bicyclic) bond motifs is 1. The topological polar surface area (TPSA) is 64.1 Å². The minimum Gasteiger partial charge on any atom is -0.494 e. The molecule has 0 spiro atoms. The Hall–Kier alpha value is -1.95. The molecule has 6 nitrogen and oxygen atoms in total. The summed E-state index contributed by atoms with van der Waals surface area (Å²) in [5.41, 5.74) is 2.27. The maximum absolute atomic E-state index is 5.90. The van der Waals surface area contributed by atoms with Gasteiger partial charge in [0, 0.05) is 37.2 Å². The fourth-order valence-electron chi connectivity index (χ4n) is 3.42. The Bertz CT molecular complexity index is 627. The summed E-state index contributed by atoms with van der Waals surface area (Å²) in [7, 11) is 0. The average Bonchev–Trinajstić information content (AvgIpc) is 3.25. The minimum atomic E-state index is 0.226. The molecule has 2 aliphatic rings. The molecule has 0 aliphatic carbocycles. The van der Waals surface area contributed by atoms with Gasteiger partial charge in [0.1, 0.15) is 17.6 Å². The molecule has 1 saturated heterocycles. The largest absolute Gasteiger partial charge is 0.494 e. The summed E-state index contributed by atoms with van der Waals surface area (Å²) in [5.74, 6) is 2.67. The number of rotatable bonds is 7. The van der Waals surface area contributed by atoms with E-state index in [0.29, 0.717) is 13.2 Å². The molecule has 0 amide bonds. The van der Waals surface area contributed by atoms with Gasteiger partial charge < -0.3 is 24.8 Å². The van der Waals surface area contributed by atoms with Crippen molar-refractivity contribution in [3.63, 3.8) is 0 Å². The van der Waals surface area contributed by atoms with Crippen LogP contribution in [0.2, 0.25) is 0 Å². The van der Waals surface area contributed by atoms with Crippen molar-refractivity contribution < 1.29 is 14.2 Å². The van der Waals surface area contributed by atoms with E-state index in [4.69, 9.17) is 19.2 Å². The van der Waals surface area contributed by atoms with Gasteiger partial charge in [0.15, 0.2) is 5.96 Å². The Morgan fingerprint density at radius 1 is 1.31 bits per heavy atom. The van der Waals surface area contributed by atoms with Crippen molar-refractivity contribution in [1.29, 1.82) is 0 Å². The van der Waals surface area contributed by atoms with E-state index in [-0.39, 0.29) is 12.2 Å². The Morgan fingerprint density at radius 2 is 2.19 bits per heavy atom. The molecule has 2 unspecified atom stereocenters. The number of benzene rings is 1. The standard InChI is InChI=1S/C20H31N3O3/c1-4-21-20(23-13-17-7-6-8-25-17)22-12-16-11-19-15(9-14(3)26-19)10-18(16)24-5-2/h10-11,14,17H,4-9,12-13H2,1-3H3,(H2,21,22,23). The third kappa shape index (κ3) is 4.81. The van der Waals surface area contributed by atoms with E-state index in [0.717, 1.165) is 62.0 Å². The summed E-state index contributed by atoms with van der Waals surface area (Å²) in [6, 6.07) is 4.19. The zero-order valence-electron chi connectivity index (χ0n) is 16.1. The molecule has 2 heterocycles. The fourth-order valence-corrected chi connectivity index (χ4v) is 3.42. The lowest BCUT2D eigenvalue weighted by Crippen LogP contribution is -2.41. The van der Waals surface area contributed by atoms with Gasteiger partial charge in [0.05, 0.1) is 19.3 Å². The van der Waals surface area contributed by atoms with Crippen molar-refractivity contribution in [2.24, 2.45) is 4.99 Å². The van der Waals surface area contributed by atoms with Crippen molar-refractivity contribution in [3.05, 3.63) is 23.3 Å². The highest BCUT2D eigenvalue weighted by Gasteiger charge is 2.22. The number of nitrogens with one attached hydrogen (secondary N) is 2. The Labute approximate surface area is 156 Å². The molecule has 6 heteroatoms. The van der Waals surface area contributed by atoms with Gasteiger partial charge in [0.2, 0.25) is 0 Å². The van der Waals surface area contributed by atoms with Gasteiger partial charge >= 0.3 is 0 Å². The highest BCUT2D eigenvalue weighted by atomic mass is 16.5. The predicted molar refractivity (Wildman–Crippen MR) is 103 cm³/mol. The molecule has 144 valence electrons. The second kappa shape index (κ2) is 9.12. The van der Waals surface area contributed by atoms with Gasteiger partial charge in [-0.25, -0.2) is 4.99 Å². The second-order valence-electron chi connectivity index (χ2n) is 6.84. The highest BCUT2D eigenvalue weighted by Crippen LogP contribution is 2.35. The Balaban J connectivity index is 1.70. The molecule has 0 radical (unpaired) electrons. The Morgan fingerprint density at radius 3 is 2.92 bits per heavy atom. The molecule has 0 aromatic heterocycles. The molecular weight excluding hydrogens is 330 g/mol. The summed E-state index contributed by atoms with van der Waals surface area (Å²) < 4.78 is 17.4. The SMILES string of the molecule is CCNC(=NCc1cc2c(cc1OCC)CC(C)O2)NCC1CCCO1. The summed E-state index contributed by atoms with van der Waals surface area (Å²) >= 11 is 0. The predicted octanol–water partition coefficient (Wildman–Crippen LogP) is 2.64. The van der Waals surface area contributed by atoms with Crippen LogP contribution in [0.3, 0.4) is 0 Å². The van der Waals surface area contributed by atoms with Crippen molar-refractivity contribution in [2.75, 3.05) is 26.3 Å². The van der Waals surface area contributed by atoms with E-state index in [9.17, 15) is 0 Å². The lowest BCUT2D eigenvalue weighted by atomic mass is 10.1. The van der Waals surface area contributed by atoms with Gasteiger partial charge in [-0.3, -0.25) is 0 Å². The van der Waals surface area contributed by atoms with Gasteiger partial charge in [-0.2, -0.15) is 0 Å². The molecule has 3 rings (SSSR count). The summed E-state index contributed by atoms with van der Waals surface area (Å²) in [6.45, 7) is 9.83. The first-order chi connectivity index (χ1) is 12.7. The quantitative estimate of drug-likeness (QED) is 0.577. The number of guanidine groups is 1. The summed E-state index contributed by atoms with van der Waals surface area (Å²) in [4.78, 5) is 4.74. The van der Waals surface area contributed by atoms with E-state index in [1.807, 2.05) is 6.92 Å². The van der Waals surface area contributed by atoms with E-state index in [2.05, 4.69) is 36.6 Å². The molecule has 2 atom stereocenters. The van der Waals surface area contributed by atoms with Gasteiger partial charge in [-0.05, 0) is 45.7 Å². The van der Waals surface area contributed by atoms with Crippen LogP contribution in [0.4, 0.5) is 0 Å². The smallest absolute Gasteiger partial charge is 0.191 e. The third-order valence-electron chi connectivity index (χ3n) is 4.65. The van der Waals surface area contributed by atoms with Crippen LogP contribution < -0.4 is 20.1 Å². The van der Waals surface area contributed by atoms with E-state index in [1.165, 1.54) is 5.56 Å². The number of ether oxygens (including phenoxy) is 3. The molecule has 2 aliphatic heterocycles. The molecule has 0 bridgehead atoms. The molecule has 26 heavy (non-hydrogen) atoms. The highest BCUT2D eigenvalue weighted by molar-refractivity contribution is 5.79. The van der Waals surface area contributed by atoms with Crippen molar-refractivity contribution in [2.45, 2.75) is 58.8 Å². The van der Waals surface area contributed by atoms with E-state index >= 15 is 0 Å². The lowest BCUT2D eigenvalue weighted by Gasteiger charge is -2.15. The summed E-state index contributed by atoms with van der Waals surface area (Å²) in [6.07, 6.45) is 3.70. The third-order valence-corrected chi connectivity index (χ3v) is 4.65. The van der Waals surface area contributed by atoms with Crippen LogP contribution in [0.1, 0.15) is 44.7 Å². The van der Waals surface area contributed by atoms with Crippen molar-refractivity contribution in [1.82, 2.24) is 10.6 Å². The first-order valence-electron chi connectivity index (χ1n) is 9.78. The zero-order chi connectivity index (χ0) is 18.4. The summed E-state index contributed by atoms with van der Waals surface area (Å²) in [5, 5.41) is 6.68. The molecule has 0 saturated carbocycles.